The van der Waals surface area contributed by atoms with E-state index in [-0.39, 0.29) is 12.5 Å². The van der Waals surface area contributed by atoms with Gasteiger partial charge in [0.25, 0.3) is 0 Å². The summed E-state index contributed by atoms with van der Waals surface area (Å²) in [6.45, 7) is 0.907. The second-order valence-corrected chi connectivity index (χ2v) is 5.63. The molecule has 2 aromatic rings. The molecule has 0 saturated carbocycles. The van der Waals surface area contributed by atoms with E-state index in [9.17, 15) is 18.0 Å². The molecular weight excluding hydrogens is 319 g/mol. The number of ether oxygens (including phenoxy) is 1. The summed E-state index contributed by atoms with van der Waals surface area (Å²) in [7, 11) is 0. The molecule has 2 aromatic carbocycles. The first-order valence-corrected chi connectivity index (χ1v) is 7.63. The highest BCUT2D eigenvalue weighted by Gasteiger charge is 2.29. The van der Waals surface area contributed by atoms with Crippen LogP contribution in [0.25, 0.3) is 0 Å². The highest BCUT2D eigenvalue weighted by atomic mass is 19.4. The summed E-state index contributed by atoms with van der Waals surface area (Å²) in [6.07, 6.45) is -2.89. The smallest absolute Gasteiger partial charge is 0.416 e. The third-order valence-corrected chi connectivity index (χ3v) is 3.91. The number of carbonyl (C=O) groups excluding carboxylic acids is 1. The Kier molecular flexibility index (Phi) is 4.46. The van der Waals surface area contributed by atoms with Crippen LogP contribution >= 0.6 is 0 Å². The van der Waals surface area contributed by atoms with Crippen LogP contribution in [0.4, 0.5) is 18.9 Å². The predicted molar refractivity (Wildman–Crippen MR) is 83.8 cm³/mol. The summed E-state index contributed by atoms with van der Waals surface area (Å²) in [5, 5.41) is 0. The van der Waals surface area contributed by atoms with E-state index >= 15 is 0 Å². The van der Waals surface area contributed by atoms with E-state index in [0.717, 1.165) is 30.8 Å². The van der Waals surface area contributed by atoms with Crippen molar-refractivity contribution in [3.63, 3.8) is 0 Å². The van der Waals surface area contributed by atoms with E-state index in [1.54, 1.807) is 17.0 Å². The third kappa shape index (κ3) is 3.69. The number of amides is 1. The van der Waals surface area contributed by atoms with E-state index in [1.165, 1.54) is 12.1 Å². The zero-order chi connectivity index (χ0) is 17.2. The molecule has 1 saturated heterocycles. The van der Waals surface area contributed by atoms with Crippen LogP contribution in [-0.4, -0.2) is 12.5 Å². The standard InChI is InChI=1S/C18H16F3NO2/c19-18(20,21)14-5-3-13(4-6-14)12-24-16-9-7-15(8-10-16)22-11-1-2-17(22)23/h3-10H,1-2,11-12H2. The van der Waals surface area contributed by atoms with Crippen LogP contribution in [0.5, 0.6) is 5.75 Å². The average Bonchev–Trinajstić information content (AvgIpc) is 2.99. The lowest BCUT2D eigenvalue weighted by atomic mass is 10.1. The minimum absolute atomic E-state index is 0.119. The first-order valence-electron chi connectivity index (χ1n) is 7.63. The number of alkyl halides is 3. The summed E-state index contributed by atoms with van der Waals surface area (Å²) in [6, 6.07) is 12.0. The molecule has 1 aliphatic heterocycles. The number of carbonyl (C=O) groups is 1. The van der Waals surface area contributed by atoms with Gasteiger partial charge in [-0.05, 0) is 48.4 Å². The molecule has 0 aromatic heterocycles. The van der Waals surface area contributed by atoms with Crippen molar-refractivity contribution in [1.82, 2.24) is 0 Å². The number of anilines is 1. The second kappa shape index (κ2) is 6.55. The average molecular weight is 335 g/mol. The number of halogens is 3. The Morgan fingerprint density at radius 2 is 1.67 bits per heavy atom. The molecular formula is C18H16F3NO2. The van der Waals surface area contributed by atoms with Crippen LogP contribution in [0.15, 0.2) is 48.5 Å². The van der Waals surface area contributed by atoms with Crippen LogP contribution in [-0.2, 0) is 17.6 Å². The summed E-state index contributed by atoms with van der Waals surface area (Å²) < 4.78 is 43.1. The number of benzene rings is 2. The Morgan fingerprint density at radius 3 is 2.21 bits per heavy atom. The lowest BCUT2D eigenvalue weighted by Gasteiger charge is -2.16. The van der Waals surface area contributed by atoms with Crippen LogP contribution in [0.2, 0.25) is 0 Å². The maximum atomic E-state index is 12.5. The fourth-order valence-electron chi connectivity index (χ4n) is 2.60. The molecule has 3 rings (SSSR count). The van der Waals surface area contributed by atoms with Gasteiger partial charge in [0.05, 0.1) is 5.56 Å². The summed E-state index contributed by atoms with van der Waals surface area (Å²) in [5.74, 6) is 0.721. The number of rotatable bonds is 4. The predicted octanol–water partition coefficient (Wildman–Crippen LogP) is 4.41. The van der Waals surface area contributed by atoms with Gasteiger partial charge >= 0.3 is 6.18 Å². The Balaban J connectivity index is 1.59. The summed E-state index contributed by atoms with van der Waals surface area (Å²) >= 11 is 0. The molecule has 126 valence electrons. The van der Waals surface area contributed by atoms with Gasteiger partial charge in [-0.2, -0.15) is 13.2 Å². The molecule has 0 aliphatic carbocycles. The minimum Gasteiger partial charge on any atom is -0.489 e. The molecule has 0 unspecified atom stereocenters. The molecule has 0 bridgehead atoms. The monoisotopic (exact) mass is 335 g/mol. The lowest BCUT2D eigenvalue weighted by Crippen LogP contribution is -2.23. The molecule has 0 spiro atoms. The van der Waals surface area contributed by atoms with Gasteiger partial charge in [-0.3, -0.25) is 4.79 Å². The molecule has 0 atom stereocenters. The Hall–Kier alpha value is -2.50. The SMILES string of the molecule is O=C1CCCN1c1ccc(OCc2ccc(C(F)(F)F)cc2)cc1. The van der Waals surface area contributed by atoms with Gasteiger partial charge < -0.3 is 9.64 Å². The maximum absolute atomic E-state index is 12.5. The van der Waals surface area contributed by atoms with Crippen molar-refractivity contribution in [2.24, 2.45) is 0 Å². The van der Waals surface area contributed by atoms with Gasteiger partial charge in [0.2, 0.25) is 5.91 Å². The number of hydrogen-bond acceptors (Lipinski definition) is 2. The van der Waals surface area contributed by atoms with E-state index in [0.29, 0.717) is 17.7 Å². The topological polar surface area (TPSA) is 29.5 Å². The number of hydrogen-bond donors (Lipinski definition) is 0. The number of nitrogens with zero attached hydrogens (tertiary/aromatic N) is 1. The van der Waals surface area contributed by atoms with Gasteiger partial charge in [0, 0.05) is 18.7 Å². The second-order valence-electron chi connectivity index (χ2n) is 5.63. The molecule has 6 heteroatoms. The van der Waals surface area contributed by atoms with Crippen molar-refractivity contribution in [3.05, 3.63) is 59.7 Å². The van der Waals surface area contributed by atoms with E-state index in [2.05, 4.69) is 0 Å². The Labute approximate surface area is 137 Å². The molecule has 3 nitrogen and oxygen atoms in total. The largest absolute Gasteiger partial charge is 0.489 e. The van der Waals surface area contributed by atoms with Gasteiger partial charge in [0.1, 0.15) is 12.4 Å². The van der Waals surface area contributed by atoms with E-state index in [4.69, 9.17) is 4.74 Å². The van der Waals surface area contributed by atoms with E-state index < -0.39 is 11.7 Å². The van der Waals surface area contributed by atoms with Crippen molar-refractivity contribution in [3.8, 4) is 5.75 Å². The highest BCUT2D eigenvalue weighted by Crippen LogP contribution is 2.29. The van der Waals surface area contributed by atoms with Gasteiger partial charge in [-0.25, -0.2) is 0 Å². The molecule has 1 fully saturated rings. The van der Waals surface area contributed by atoms with Gasteiger partial charge in [0.15, 0.2) is 0 Å². The maximum Gasteiger partial charge on any atom is 0.416 e. The zero-order valence-corrected chi connectivity index (χ0v) is 12.8. The highest BCUT2D eigenvalue weighted by molar-refractivity contribution is 5.95. The molecule has 1 heterocycles. The molecule has 24 heavy (non-hydrogen) atoms. The van der Waals surface area contributed by atoms with Crippen molar-refractivity contribution in [2.75, 3.05) is 11.4 Å². The normalized spacial score (nSPS) is 15.0. The quantitative estimate of drug-likeness (QED) is 0.828. The van der Waals surface area contributed by atoms with Gasteiger partial charge in [-0.15, -0.1) is 0 Å². The van der Waals surface area contributed by atoms with Crippen LogP contribution in [0, 0.1) is 0 Å². The van der Waals surface area contributed by atoms with Crippen molar-refractivity contribution >= 4 is 11.6 Å². The van der Waals surface area contributed by atoms with E-state index in [1.807, 2.05) is 12.1 Å². The van der Waals surface area contributed by atoms with Crippen LogP contribution < -0.4 is 9.64 Å². The first kappa shape index (κ1) is 16.4. The molecule has 1 aliphatic rings. The Morgan fingerprint density at radius 1 is 1.00 bits per heavy atom. The molecule has 0 N–H and O–H groups in total. The fourth-order valence-corrected chi connectivity index (χ4v) is 2.60. The molecule has 1 amide bonds. The zero-order valence-electron chi connectivity index (χ0n) is 12.8. The van der Waals surface area contributed by atoms with Crippen molar-refractivity contribution < 1.29 is 22.7 Å². The first-order chi connectivity index (χ1) is 11.4. The fraction of sp³-hybridized carbons (Fsp3) is 0.278. The van der Waals surface area contributed by atoms with Gasteiger partial charge in [-0.1, -0.05) is 12.1 Å². The Bertz CT molecular complexity index is 709. The third-order valence-electron chi connectivity index (χ3n) is 3.91. The van der Waals surface area contributed by atoms with Crippen molar-refractivity contribution in [2.45, 2.75) is 25.6 Å². The van der Waals surface area contributed by atoms with Crippen molar-refractivity contribution in [1.29, 1.82) is 0 Å². The van der Waals surface area contributed by atoms with Crippen LogP contribution in [0.3, 0.4) is 0 Å². The lowest BCUT2D eigenvalue weighted by molar-refractivity contribution is -0.137. The molecule has 0 radical (unpaired) electrons. The summed E-state index contributed by atoms with van der Waals surface area (Å²) in [4.78, 5) is 13.4. The summed E-state index contributed by atoms with van der Waals surface area (Å²) in [5.41, 5.74) is 0.812. The van der Waals surface area contributed by atoms with Crippen LogP contribution in [0.1, 0.15) is 24.0 Å². The minimum atomic E-state index is -4.33.